The number of carbonyl (C=O) groups is 3. The first kappa shape index (κ1) is 49.0. The molecule has 2 unspecified atom stereocenters. The number of benzene rings is 2. The minimum Gasteiger partial charge on any atom is -0.496 e. The van der Waals surface area contributed by atoms with E-state index in [2.05, 4.69) is 53.0 Å². The maximum Gasteiger partial charge on any atom is 0.344 e. The number of nitrogens with zero attached hydrogens (tertiary/aromatic N) is 1. The molecule has 13 nitrogen and oxygen atoms in total. The van der Waals surface area contributed by atoms with Gasteiger partial charge < -0.3 is 50.3 Å². The predicted molar refractivity (Wildman–Crippen MR) is 252 cm³/mol. The van der Waals surface area contributed by atoms with Crippen LogP contribution in [0.15, 0.2) is 48.6 Å². The highest BCUT2D eigenvalue weighted by Gasteiger charge is 2.68. The first-order valence-corrected chi connectivity index (χ1v) is 23.7. The number of β-amino-alcohol motifs (C(OH)–C–C–N with tert-alkyl or cyclic N) is 1. The summed E-state index contributed by atoms with van der Waals surface area (Å²) in [5, 5.41) is 36.4. The fraction of sp³-hybridized carbons (Fsp3) is 0.627. The first-order chi connectivity index (χ1) is 30.5. The minimum atomic E-state index is -2.29. The Morgan fingerprint density at radius 3 is 2.42 bits per heavy atom. The Hall–Kier alpha value is -4.43. The van der Waals surface area contributed by atoms with Gasteiger partial charge in [-0.1, -0.05) is 70.9 Å². The zero-order valence-electron chi connectivity index (χ0n) is 40.0. The monoisotopic (exact) mass is 886 g/mol. The van der Waals surface area contributed by atoms with Gasteiger partial charge in [-0.3, -0.25) is 9.59 Å². The van der Waals surface area contributed by atoms with Crippen molar-refractivity contribution in [1.29, 1.82) is 0 Å². The van der Waals surface area contributed by atoms with Crippen LogP contribution < -0.4 is 25.6 Å². The van der Waals surface area contributed by atoms with Crippen LogP contribution in [0.25, 0.3) is 10.9 Å². The number of carbonyl (C=O) groups excluding carboxylic acids is 3. The standard InChI is InChI=1S/C51H75N5O8/c1-11-15-20-35-25-38(41(62-9)26-40(35)56(8)43-27-42-49(14-4,23-18-24-53-42)45(64-33(7)57)51(43,61)47(59)63-10)50(46(58)54-32(5)6,29-34-28-48(60,13-3)31-52-30-34)44-37(19-12-2)36-21-16-17-22-39(36)55-44/h16-18,21-23,25-26,32,34,42-43,45,52-53,55,60-61H,11-15,19-20,24,27-31H2,1-10H3,(H,54,58)/t34?,42-,43-,45-,48+,49-,50?,51+/m1/s1. The summed E-state index contributed by atoms with van der Waals surface area (Å²) in [5.41, 5.74) is -0.319. The molecule has 1 aliphatic carbocycles. The number of H-pyrrole nitrogens is 1. The van der Waals surface area contributed by atoms with Gasteiger partial charge in [0.25, 0.3) is 0 Å². The third-order valence-electron chi connectivity index (χ3n) is 14.7. The summed E-state index contributed by atoms with van der Waals surface area (Å²) in [6.07, 6.45) is 8.83. The van der Waals surface area contributed by atoms with E-state index in [9.17, 15) is 19.8 Å². The second-order valence-electron chi connectivity index (χ2n) is 19.1. The number of aromatic amines is 1. The highest BCUT2D eigenvalue weighted by Crippen LogP contribution is 2.53. The van der Waals surface area contributed by atoms with E-state index in [1.807, 2.05) is 70.0 Å². The van der Waals surface area contributed by atoms with Crippen LogP contribution in [0.1, 0.15) is 122 Å². The average Bonchev–Trinajstić information content (AvgIpc) is 3.65. The summed E-state index contributed by atoms with van der Waals surface area (Å²) in [4.78, 5) is 48.7. The Balaban J connectivity index is 1.66. The number of amides is 1. The molecule has 1 saturated carbocycles. The number of unbranched alkanes of at least 4 members (excludes halogenated alkanes) is 1. The number of para-hydroxylation sites is 1. The van der Waals surface area contributed by atoms with Crippen LogP contribution in [0.4, 0.5) is 5.69 Å². The molecular weight excluding hydrogens is 811 g/mol. The lowest BCUT2D eigenvalue weighted by Crippen LogP contribution is -2.76. The van der Waals surface area contributed by atoms with Crippen molar-refractivity contribution in [2.45, 2.75) is 154 Å². The molecule has 2 aliphatic heterocycles. The van der Waals surface area contributed by atoms with Crippen molar-refractivity contribution in [3.05, 3.63) is 70.9 Å². The van der Waals surface area contributed by atoms with Crippen LogP contribution in [-0.2, 0) is 42.1 Å². The van der Waals surface area contributed by atoms with Crippen molar-refractivity contribution in [3.8, 4) is 5.75 Å². The van der Waals surface area contributed by atoms with Gasteiger partial charge in [-0.25, -0.2) is 4.79 Å². The fourth-order valence-electron chi connectivity index (χ4n) is 11.5. The van der Waals surface area contributed by atoms with Gasteiger partial charge in [0.1, 0.15) is 11.2 Å². The number of rotatable bonds is 18. The Labute approximate surface area is 380 Å². The SMILES string of the molecule is CCCCc1cc(C(CC2CNC[C@](O)(CC)C2)(C(=O)NC(C)C)c2[nH]c3ccccc3c2CCC)c(OC)cc1N(C)[C@@H]1C[C@H]2NCC=C[C@@]2(CC)[C@@H](OC(C)=O)[C@]1(O)C(=O)OC. The molecule has 0 radical (unpaired) electrons. The van der Waals surface area contributed by atoms with Gasteiger partial charge in [-0.05, 0) is 101 Å². The summed E-state index contributed by atoms with van der Waals surface area (Å²) >= 11 is 0. The number of methoxy groups -OCH3 is 2. The van der Waals surface area contributed by atoms with Crippen LogP contribution in [0.2, 0.25) is 0 Å². The molecular formula is C51H75N5O8. The Morgan fingerprint density at radius 1 is 1.03 bits per heavy atom. The third-order valence-corrected chi connectivity index (χ3v) is 14.7. The van der Waals surface area contributed by atoms with Gasteiger partial charge in [0.2, 0.25) is 11.5 Å². The highest BCUT2D eigenvalue weighted by atomic mass is 16.6. The van der Waals surface area contributed by atoms with Crippen molar-refractivity contribution in [3.63, 3.8) is 0 Å². The van der Waals surface area contributed by atoms with Gasteiger partial charge in [-0.15, -0.1) is 0 Å². The molecule has 352 valence electrons. The van der Waals surface area contributed by atoms with E-state index in [0.717, 1.165) is 53.4 Å². The maximum atomic E-state index is 15.8. The zero-order chi connectivity index (χ0) is 46.6. The van der Waals surface area contributed by atoms with Crippen molar-refractivity contribution in [1.82, 2.24) is 20.9 Å². The largest absolute Gasteiger partial charge is 0.496 e. The average molecular weight is 886 g/mol. The number of likely N-dealkylation sites (N-methyl/N-ethyl adjacent to an activating group) is 1. The summed E-state index contributed by atoms with van der Waals surface area (Å²) < 4.78 is 17.9. The van der Waals surface area contributed by atoms with E-state index >= 15 is 4.79 Å². The molecule has 0 spiro atoms. The van der Waals surface area contributed by atoms with E-state index in [4.69, 9.17) is 14.2 Å². The van der Waals surface area contributed by atoms with Crippen LogP contribution >= 0.6 is 0 Å². The number of piperidine rings is 1. The fourth-order valence-corrected chi connectivity index (χ4v) is 11.5. The molecule has 2 fully saturated rings. The lowest BCUT2D eigenvalue weighted by Gasteiger charge is -2.58. The molecule has 3 aromatic rings. The quantitative estimate of drug-likeness (QED) is 0.0617. The normalized spacial score (nSPS) is 27.7. The van der Waals surface area contributed by atoms with Crippen molar-refractivity contribution in [2.75, 3.05) is 45.8 Å². The number of anilines is 1. The molecule has 0 bridgehead atoms. The maximum absolute atomic E-state index is 15.8. The number of esters is 2. The Kier molecular flexibility index (Phi) is 15.3. The summed E-state index contributed by atoms with van der Waals surface area (Å²) in [6.45, 7) is 15.2. The third kappa shape index (κ3) is 8.81. The van der Waals surface area contributed by atoms with Gasteiger partial charge in [-0.2, -0.15) is 0 Å². The van der Waals surface area contributed by atoms with E-state index in [-0.39, 0.29) is 23.9 Å². The van der Waals surface area contributed by atoms with Crippen LogP contribution in [0.5, 0.6) is 5.75 Å². The second-order valence-corrected chi connectivity index (χ2v) is 19.1. The molecule has 13 heteroatoms. The number of hydrogen-bond acceptors (Lipinski definition) is 11. The highest BCUT2D eigenvalue weighted by molar-refractivity contribution is 5.97. The molecule has 1 amide bonds. The van der Waals surface area contributed by atoms with Crippen LogP contribution in [-0.4, -0.2) is 109 Å². The number of aliphatic hydroxyl groups is 2. The van der Waals surface area contributed by atoms with Crippen molar-refractivity contribution >= 4 is 34.4 Å². The first-order valence-electron chi connectivity index (χ1n) is 23.7. The smallest absolute Gasteiger partial charge is 0.344 e. The topological polar surface area (TPSA) is 174 Å². The Morgan fingerprint density at radius 2 is 1.78 bits per heavy atom. The molecule has 1 aromatic heterocycles. The van der Waals surface area contributed by atoms with Gasteiger partial charge in [0.05, 0.1) is 25.9 Å². The number of hydrogen-bond donors (Lipinski definition) is 6. The van der Waals surface area contributed by atoms with Gasteiger partial charge in [0, 0.05) is 78.5 Å². The lowest BCUT2D eigenvalue weighted by molar-refractivity contribution is -0.215. The molecule has 64 heavy (non-hydrogen) atoms. The predicted octanol–water partition coefficient (Wildman–Crippen LogP) is 6.39. The number of ether oxygens (including phenoxy) is 3. The molecule has 2 aromatic carbocycles. The molecule has 6 N–H and O–H groups in total. The molecule has 8 atom stereocenters. The molecule has 1 saturated heterocycles. The summed E-state index contributed by atoms with van der Waals surface area (Å²) in [6, 6.07) is 10.9. The molecule has 6 rings (SSSR count). The van der Waals surface area contributed by atoms with Crippen LogP contribution in [0, 0.1) is 11.3 Å². The zero-order valence-corrected chi connectivity index (χ0v) is 40.0. The summed E-state index contributed by atoms with van der Waals surface area (Å²) in [7, 11) is 4.72. The van der Waals surface area contributed by atoms with Gasteiger partial charge >= 0.3 is 11.9 Å². The van der Waals surface area contributed by atoms with E-state index in [0.29, 0.717) is 75.2 Å². The minimum absolute atomic E-state index is 0.102. The lowest BCUT2D eigenvalue weighted by atomic mass is 9.57. The van der Waals surface area contributed by atoms with Crippen LogP contribution in [0.3, 0.4) is 0 Å². The number of fused-ring (bicyclic) bond motifs is 2. The second kappa shape index (κ2) is 20.0. The van der Waals surface area contributed by atoms with Crippen molar-refractivity contribution < 1.29 is 38.8 Å². The van der Waals surface area contributed by atoms with E-state index < -0.39 is 46.1 Å². The number of nitrogens with one attached hydrogen (secondary N) is 4. The Bertz CT molecular complexity index is 2170. The molecule has 3 heterocycles. The van der Waals surface area contributed by atoms with Gasteiger partial charge in [0.15, 0.2) is 6.10 Å². The number of aryl methyl sites for hydroxylation is 2. The summed E-state index contributed by atoms with van der Waals surface area (Å²) in [5.74, 6) is -1.31. The van der Waals surface area contributed by atoms with E-state index in [1.54, 1.807) is 7.11 Å². The van der Waals surface area contributed by atoms with Crippen molar-refractivity contribution in [2.24, 2.45) is 11.3 Å². The molecule has 3 aliphatic rings. The number of aromatic nitrogens is 1. The van der Waals surface area contributed by atoms with E-state index in [1.165, 1.54) is 14.0 Å².